The van der Waals surface area contributed by atoms with Crippen LogP contribution in [0.1, 0.15) is 26.7 Å². The average Bonchev–Trinajstić information content (AvgIpc) is 2.06. The molecule has 0 aromatic heterocycles. The molecule has 0 bridgehead atoms. The number of allylic oxidation sites excluding steroid dienone is 1. The van der Waals surface area contributed by atoms with Gasteiger partial charge in [0.05, 0.1) is 17.6 Å². The van der Waals surface area contributed by atoms with E-state index in [0.29, 0.717) is 0 Å². The van der Waals surface area contributed by atoms with Crippen LogP contribution in [0.2, 0.25) is 0 Å². The largest absolute Gasteiger partial charge is 0.500 e. The highest BCUT2D eigenvalue weighted by Crippen LogP contribution is 2.33. The van der Waals surface area contributed by atoms with Gasteiger partial charge in [-0.2, -0.15) is 0 Å². The van der Waals surface area contributed by atoms with E-state index in [1.165, 1.54) is 4.91 Å². The summed E-state index contributed by atoms with van der Waals surface area (Å²) in [5.41, 5.74) is 0. The van der Waals surface area contributed by atoms with Gasteiger partial charge in [-0.25, -0.2) is 0 Å². The molecule has 0 atom stereocenters. The van der Waals surface area contributed by atoms with Crippen molar-refractivity contribution >= 4 is 18.0 Å². The number of thioether (sulfide) groups is 1. The summed E-state index contributed by atoms with van der Waals surface area (Å²) < 4.78 is 4.86. The zero-order valence-corrected chi connectivity index (χ0v) is 8.32. The van der Waals surface area contributed by atoms with Crippen LogP contribution >= 0.6 is 11.8 Å². The number of carbonyl (C=O) groups excluding carboxylic acids is 1. The second-order valence-electron chi connectivity index (χ2n) is 3.38. The van der Waals surface area contributed by atoms with E-state index in [2.05, 4.69) is 0 Å². The molecule has 1 aliphatic heterocycles. The summed E-state index contributed by atoms with van der Waals surface area (Å²) in [6.45, 7) is 4.64. The molecular formula is C9H14O2S. The maximum atomic E-state index is 10.6. The summed E-state index contributed by atoms with van der Waals surface area (Å²) in [6, 6.07) is 0. The zero-order chi connectivity index (χ0) is 9.03. The fourth-order valence-corrected chi connectivity index (χ4v) is 2.06. The van der Waals surface area contributed by atoms with E-state index in [1.54, 1.807) is 18.0 Å². The highest BCUT2D eigenvalue weighted by atomic mass is 32.2. The normalized spacial score (nSPS) is 18.0. The van der Waals surface area contributed by atoms with Crippen LogP contribution in [0.25, 0.3) is 0 Å². The van der Waals surface area contributed by atoms with E-state index < -0.39 is 0 Å². The second kappa shape index (κ2) is 3.99. The lowest BCUT2D eigenvalue weighted by Gasteiger charge is -2.20. The molecule has 1 heterocycles. The first kappa shape index (κ1) is 9.65. The van der Waals surface area contributed by atoms with Crippen molar-refractivity contribution in [1.82, 2.24) is 0 Å². The van der Waals surface area contributed by atoms with Gasteiger partial charge in [-0.3, -0.25) is 0 Å². The molecule has 0 fully saturated rings. The molecule has 1 aliphatic rings. The van der Waals surface area contributed by atoms with Gasteiger partial charge in [-0.05, 0) is 26.7 Å². The Morgan fingerprint density at radius 2 is 2.42 bits per heavy atom. The van der Waals surface area contributed by atoms with E-state index in [0.717, 1.165) is 25.7 Å². The fraction of sp³-hybridized carbons (Fsp3) is 0.667. The average molecular weight is 186 g/mol. The second-order valence-corrected chi connectivity index (χ2v) is 5.16. The molecular weight excluding hydrogens is 172 g/mol. The highest BCUT2D eigenvalue weighted by Gasteiger charge is 2.20. The number of hydrogen-bond acceptors (Lipinski definition) is 3. The minimum absolute atomic E-state index is 0.313. The summed E-state index contributed by atoms with van der Waals surface area (Å²) in [4.78, 5) is 11.8. The van der Waals surface area contributed by atoms with Crippen molar-refractivity contribution in [3.8, 4) is 0 Å². The lowest BCUT2D eigenvalue weighted by Crippen LogP contribution is -2.17. The van der Waals surface area contributed by atoms with Gasteiger partial charge in [0.2, 0.25) is 0 Å². The van der Waals surface area contributed by atoms with Crippen molar-refractivity contribution in [1.29, 1.82) is 0 Å². The maximum absolute atomic E-state index is 10.6. The molecule has 3 heteroatoms. The molecule has 2 nitrogen and oxygen atoms in total. The molecule has 0 N–H and O–H groups in total. The van der Waals surface area contributed by atoms with Crippen molar-refractivity contribution < 1.29 is 9.53 Å². The number of carbonyl (C=O) groups is 1. The van der Waals surface area contributed by atoms with E-state index in [-0.39, 0.29) is 4.75 Å². The van der Waals surface area contributed by atoms with Crippen LogP contribution in [-0.4, -0.2) is 17.6 Å². The van der Waals surface area contributed by atoms with Crippen molar-refractivity contribution in [3.63, 3.8) is 0 Å². The van der Waals surface area contributed by atoms with Gasteiger partial charge in [0, 0.05) is 4.91 Å². The smallest absolute Gasteiger partial charge is 0.135 e. The summed E-state index contributed by atoms with van der Waals surface area (Å²) in [6.07, 6.45) is 4.86. The third kappa shape index (κ3) is 2.89. The van der Waals surface area contributed by atoms with Gasteiger partial charge in [-0.15, -0.1) is 11.8 Å². The predicted molar refractivity (Wildman–Crippen MR) is 51.0 cm³/mol. The van der Waals surface area contributed by atoms with Gasteiger partial charge in [0.15, 0.2) is 0 Å². The Hall–Kier alpha value is -0.440. The van der Waals surface area contributed by atoms with Crippen LogP contribution in [0, 0.1) is 0 Å². The summed E-state index contributed by atoms with van der Waals surface area (Å²) in [5.74, 6) is 0. The van der Waals surface area contributed by atoms with Crippen molar-refractivity contribution in [3.05, 3.63) is 11.2 Å². The topological polar surface area (TPSA) is 26.3 Å². The van der Waals surface area contributed by atoms with Crippen LogP contribution in [0.3, 0.4) is 0 Å². The van der Waals surface area contributed by atoms with Crippen molar-refractivity contribution in [2.24, 2.45) is 0 Å². The Labute approximate surface area is 77.4 Å². The van der Waals surface area contributed by atoms with Gasteiger partial charge in [-0.1, -0.05) is 0 Å². The molecule has 0 saturated heterocycles. The zero-order valence-electron chi connectivity index (χ0n) is 7.50. The Balaban J connectivity index is 2.49. The van der Waals surface area contributed by atoms with E-state index in [1.807, 2.05) is 13.8 Å². The fourth-order valence-electron chi connectivity index (χ4n) is 0.978. The Bertz CT molecular complexity index is 197. The molecule has 1 rings (SSSR count). The molecule has 0 aromatic rings. The first-order valence-electron chi connectivity index (χ1n) is 4.10. The minimum atomic E-state index is -0.313. The van der Waals surface area contributed by atoms with Gasteiger partial charge >= 0.3 is 0 Å². The van der Waals surface area contributed by atoms with Crippen LogP contribution in [0.15, 0.2) is 11.2 Å². The predicted octanol–water partition coefficient (Wildman–Crippen LogP) is 2.35. The molecule has 0 amide bonds. The Kier molecular flexibility index (Phi) is 3.20. The number of ether oxygens (including phenoxy) is 1. The molecule has 0 aliphatic carbocycles. The van der Waals surface area contributed by atoms with Gasteiger partial charge in [0.25, 0.3) is 0 Å². The van der Waals surface area contributed by atoms with Crippen LogP contribution in [0.5, 0.6) is 0 Å². The molecule has 0 unspecified atom stereocenters. The van der Waals surface area contributed by atoms with E-state index >= 15 is 0 Å². The first-order valence-corrected chi connectivity index (χ1v) is 4.92. The first-order chi connectivity index (χ1) is 5.64. The molecule has 0 saturated carbocycles. The van der Waals surface area contributed by atoms with E-state index in [4.69, 9.17) is 4.74 Å². The quantitative estimate of drug-likeness (QED) is 0.633. The lowest BCUT2D eigenvalue weighted by atomic mass is 10.2. The molecule has 12 heavy (non-hydrogen) atoms. The third-order valence-electron chi connectivity index (χ3n) is 1.58. The summed E-state index contributed by atoms with van der Waals surface area (Å²) in [7, 11) is 0. The molecule has 0 radical (unpaired) electrons. The monoisotopic (exact) mass is 186 g/mol. The molecule has 68 valence electrons. The number of aldehydes is 1. The van der Waals surface area contributed by atoms with E-state index in [9.17, 15) is 4.79 Å². The summed E-state index contributed by atoms with van der Waals surface area (Å²) >= 11 is 1.59. The number of hydrogen-bond donors (Lipinski definition) is 0. The molecule has 0 spiro atoms. The highest BCUT2D eigenvalue weighted by molar-refractivity contribution is 8.04. The molecule has 0 aromatic carbocycles. The SMILES string of the molecule is CC(C)(C=O)SC1=COCCC1. The van der Waals surface area contributed by atoms with Crippen molar-refractivity contribution in [2.75, 3.05) is 6.61 Å². The van der Waals surface area contributed by atoms with Gasteiger partial charge in [0.1, 0.15) is 6.29 Å². The standard InChI is InChI=1S/C9H14O2S/c1-9(2,7-10)12-8-4-3-5-11-6-8/h6-7H,3-5H2,1-2H3. The van der Waals surface area contributed by atoms with Crippen molar-refractivity contribution in [2.45, 2.75) is 31.4 Å². The van der Waals surface area contributed by atoms with Crippen LogP contribution in [-0.2, 0) is 9.53 Å². The summed E-state index contributed by atoms with van der Waals surface area (Å²) in [5, 5.41) is 0. The minimum Gasteiger partial charge on any atom is -0.500 e. The number of rotatable bonds is 3. The van der Waals surface area contributed by atoms with Crippen LogP contribution in [0.4, 0.5) is 0 Å². The Morgan fingerprint density at radius 1 is 1.67 bits per heavy atom. The lowest BCUT2D eigenvalue weighted by molar-refractivity contribution is -0.109. The Morgan fingerprint density at radius 3 is 2.92 bits per heavy atom. The third-order valence-corrected chi connectivity index (χ3v) is 2.76. The van der Waals surface area contributed by atoms with Gasteiger partial charge < -0.3 is 9.53 Å². The van der Waals surface area contributed by atoms with Crippen LogP contribution < -0.4 is 0 Å². The maximum Gasteiger partial charge on any atom is 0.135 e.